The van der Waals surface area contributed by atoms with Crippen molar-refractivity contribution in [2.24, 2.45) is 0 Å². The maximum Gasteiger partial charge on any atom is 1.00 e. The van der Waals surface area contributed by atoms with Gasteiger partial charge in [0.05, 0.1) is 0 Å². The molecule has 1 aromatic carbocycles. The molecule has 0 nitrogen and oxygen atoms in total. The number of fused-ring (bicyclic) bond motifs is 1. The first kappa shape index (κ1) is 7.88. The molecule has 2 aromatic rings. The van der Waals surface area contributed by atoms with Gasteiger partial charge < -0.3 is 0 Å². The molecule has 2 heteroatoms. The van der Waals surface area contributed by atoms with E-state index in [0.29, 0.717) is 0 Å². The van der Waals surface area contributed by atoms with Crippen LogP contribution in [0.5, 0.6) is 0 Å². The van der Waals surface area contributed by atoms with Crippen molar-refractivity contribution in [1.82, 2.24) is 0 Å². The molecule has 0 radical (unpaired) electrons. The fraction of sp³-hybridized carbons (Fsp3) is 0. The van der Waals surface area contributed by atoms with Crippen LogP contribution >= 0.6 is 11.3 Å². The second-order valence-corrected chi connectivity index (χ2v) is 2.79. The van der Waals surface area contributed by atoms with Crippen LogP contribution in [0.1, 0.15) is 0 Å². The van der Waals surface area contributed by atoms with E-state index >= 15 is 0 Å². The van der Waals surface area contributed by atoms with E-state index in [2.05, 4.69) is 18.2 Å². The van der Waals surface area contributed by atoms with Gasteiger partial charge in [-0.1, -0.05) is 16.1 Å². The molecule has 0 amide bonds. The normalized spacial score (nSPS) is 9.20. The summed E-state index contributed by atoms with van der Waals surface area (Å²) >= 11 is 1.73. The standard InChI is InChI=1S/C8H5S.Li/c1-2-4-8-7(3-1)5-6-9-8;/h1-4,6H;/q-1;+1. The van der Waals surface area contributed by atoms with Gasteiger partial charge in [0, 0.05) is 0 Å². The molecule has 0 aliphatic heterocycles. The summed E-state index contributed by atoms with van der Waals surface area (Å²) in [4.78, 5) is 0. The van der Waals surface area contributed by atoms with E-state index in [1.165, 1.54) is 10.1 Å². The van der Waals surface area contributed by atoms with Crippen LogP contribution in [0.15, 0.2) is 29.6 Å². The minimum Gasteiger partial charge on any atom is -0.226 e. The van der Waals surface area contributed by atoms with Gasteiger partial charge in [0.1, 0.15) is 0 Å². The van der Waals surface area contributed by atoms with Crippen LogP contribution in [0.25, 0.3) is 10.1 Å². The third-order valence-corrected chi connectivity index (χ3v) is 2.13. The Hall–Kier alpha value is -0.223. The summed E-state index contributed by atoms with van der Waals surface area (Å²) < 4.78 is 1.32. The van der Waals surface area contributed by atoms with Gasteiger partial charge in [0.25, 0.3) is 0 Å². The van der Waals surface area contributed by atoms with E-state index < -0.39 is 0 Å². The second-order valence-electron chi connectivity index (χ2n) is 1.88. The Kier molecular flexibility index (Phi) is 2.56. The van der Waals surface area contributed by atoms with E-state index in [-0.39, 0.29) is 18.9 Å². The van der Waals surface area contributed by atoms with Crippen LogP contribution in [-0.2, 0) is 0 Å². The Balaban J connectivity index is 0.000000500. The molecule has 0 atom stereocenters. The molecule has 0 saturated carbocycles. The summed E-state index contributed by atoms with van der Waals surface area (Å²) in [7, 11) is 0. The van der Waals surface area contributed by atoms with Gasteiger partial charge in [-0.05, 0) is 0 Å². The summed E-state index contributed by atoms with van der Waals surface area (Å²) in [5.74, 6) is 0. The van der Waals surface area contributed by atoms with Crippen molar-refractivity contribution in [2.45, 2.75) is 0 Å². The Morgan fingerprint density at radius 2 is 2.00 bits per heavy atom. The van der Waals surface area contributed by atoms with Crippen molar-refractivity contribution in [3.05, 3.63) is 35.7 Å². The van der Waals surface area contributed by atoms with Gasteiger partial charge in [-0.3, -0.25) is 0 Å². The molecule has 0 fully saturated rings. The fourth-order valence-electron chi connectivity index (χ4n) is 0.845. The van der Waals surface area contributed by atoms with Crippen LogP contribution < -0.4 is 18.9 Å². The molecule has 10 heavy (non-hydrogen) atoms. The number of thiophene rings is 1. The number of rotatable bonds is 0. The number of hydrogen-bond acceptors (Lipinski definition) is 1. The predicted octanol–water partition coefficient (Wildman–Crippen LogP) is -0.295. The van der Waals surface area contributed by atoms with Crippen molar-refractivity contribution in [2.75, 3.05) is 0 Å². The van der Waals surface area contributed by atoms with E-state index in [1.807, 2.05) is 17.5 Å². The third kappa shape index (κ3) is 1.27. The molecule has 0 aliphatic rings. The first-order valence-electron chi connectivity index (χ1n) is 2.81. The molecule has 0 unspecified atom stereocenters. The SMILES string of the molecule is [Li+].[c-]1csc2ccccc12. The maximum absolute atomic E-state index is 3.14. The van der Waals surface area contributed by atoms with Crippen molar-refractivity contribution < 1.29 is 18.9 Å². The zero-order chi connectivity index (χ0) is 6.10. The summed E-state index contributed by atoms with van der Waals surface area (Å²) in [6, 6.07) is 11.4. The number of hydrogen-bond donors (Lipinski definition) is 0. The minimum atomic E-state index is 0. The third-order valence-electron chi connectivity index (χ3n) is 1.29. The van der Waals surface area contributed by atoms with Crippen molar-refractivity contribution in [1.29, 1.82) is 0 Å². The van der Waals surface area contributed by atoms with Crippen molar-refractivity contribution >= 4 is 21.4 Å². The molecular weight excluding hydrogens is 135 g/mol. The monoisotopic (exact) mass is 140 g/mol. The minimum absolute atomic E-state index is 0. The largest absolute Gasteiger partial charge is 1.00 e. The summed E-state index contributed by atoms with van der Waals surface area (Å²) in [6.07, 6.45) is 0. The first-order valence-corrected chi connectivity index (χ1v) is 3.69. The fourth-order valence-corrected chi connectivity index (χ4v) is 1.57. The summed E-state index contributed by atoms with van der Waals surface area (Å²) in [6.45, 7) is 0. The summed E-state index contributed by atoms with van der Waals surface area (Å²) in [5.41, 5.74) is 0. The van der Waals surface area contributed by atoms with E-state index in [4.69, 9.17) is 0 Å². The molecule has 0 bridgehead atoms. The average molecular weight is 140 g/mol. The van der Waals surface area contributed by atoms with Crippen molar-refractivity contribution in [3.63, 3.8) is 0 Å². The zero-order valence-corrected chi connectivity index (χ0v) is 6.61. The van der Waals surface area contributed by atoms with Gasteiger partial charge in [-0.2, -0.15) is 17.5 Å². The van der Waals surface area contributed by atoms with Gasteiger partial charge >= 0.3 is 18.9 Å². The Labute approximate surface area is 76.1 Å². The molecule has 44 valence electrons. The Morgan fingerprint density at radius 3 is 2.80 bits per heavy atom. The number of benzene rings is 1. The molecule has 0 N–H and O–H groups in total. The van der Waals surface area contributed by atoms with Gasteiger partial charge in [0.2, 0.25) is 0 Å². The van der Waals surface area contributed by atoms with Gasteiger partial charge in [-0.25, -0.2) is 11.3 Å². The van der Waals surface area contributed by atoms with Gasteiger partial charge in [-0.15, -0.1) is 12.1 Å². The molecule has 2 rings (SSSR count). The van der Waals surface area contributed by atoms with E-state index in [9.17, 15) is 0 Å². The summed E-state index contributed by atoms with van der Waals surface area (Å²) in [5, 5.41) is 3.22. The average Bonchev–Trinajstić information content (AvgIpc) is 2.33. The molecule has 0 aliphatic carbocycles. The molecule has 1 aromatic heterocycles. The Bertz CT molecular complexity index is 283. The van der Waals surface area contributed by atoms with Crippen molar-refractivity contribution in [3.8, 4) is 0 Å². The molecule has 0 saturated heterocycles. The van der Waals surface area contributed by atoms with Crippen LogP contribution in [0.4, 0.5) is 0 Å². The van der Waals surface area contributed by atoms with Crippen LogP contribution in [0.2, 0.25) is 0 Å². The molecule has 1 heterocycles. The Morgan fingerprint density at radius 1 is 1.20 bits per heavy atom. The smallest absolute Gasteiger partial charge is 0.226 e. The van der Waals surface area contributed by atoms with Crippen LogP contribution in [0.3, 0.4) is 0 Å². The topological polar surface area (TPSA) is 0 Å². The predicted molar refractivity (Wildman–Crippen MR) is 40.7 cm³/mol. The van der Waals surface area contributed by atoms with E-state index in [0.717, 1.165) is 0 Å². The van der Waals surface area contributed by atoms with E-state index in [1.54, 1.807) is 11.3 Å². The quantitative estimate of drug-likeness (QED) is 0.348. The van der Waals surface area contributed by atoms with Gasteiger partial charge in [0.15, 0.2) is 0 Å². The maximum atomic E-state index is 3.14. The van der Waals surface area contributed by atoms with Crippen LogP contribution in [-0.4, -0.2) is 0 Å². The molecule has 0 spiro atoms. The second kappa shape index (κ2) is 3.25. The zero-order valence-electron chi connectivity index (χ0n) is 5.79. The molecular formula is C8H5LiS. The van der Waals surface area contributed by atoms with Crippen LogP contribution in [0, 0.1) is 6.07 Å². The first-order chi connectivity index (χ1) is 4.47.